The van der Waals surface area contributed by atoms with Gasteiger partial charge in [-0.15, -0.1) is 0 Å². The van der Waals surface area contributed by atoms with Gasteiger partial charge >= 0.3 is 17.9 Å². The van der Waals surface area contributed by atoms with Gasteiger partial charge in [0.1, 0.15) is 6.10 Å². The molecule has 0 spiro atoms. The molecule has 12 nitrogen and oxygen atoms in total. The fraction of sp³-hybridized carbons (Fsp3) is 0.481. The highest BCUT2D eigenvalue weighted by molar-refractivity contribution is 6.28. The summed E-state index contributed by atoms with van der Waals surface area (Å²) >= 11 is 6.39. The molecule has 13 heteroatoms. The smallest absolute Gasteiger partial charge is 0.308 e. The van der Waals surface area contributed by atoms with Crippen LogP contribution in [-0.4, -0.2) is 75.9 Å². The van der Waals surface area contributed by atoms with Crippen molar-refractivity contribution in [2.45, 2.75) is 63.6 Å². The van der Waals surface area contributed by atoms with E-state index in [1.54, 1.807) is 4.57 Å². The Kier molecular flexibility index (Phi) is 8.17. The molecule has 5 rings (SSSR count). The van der Waals surface area contributed by atoms with E-state index in [9.17, 15) is 14.4 Å². The van der Waals surface area contributed by atoms with Crippen molar-refractivity contribution in [3.05, 3.63) is 47.5 Å². The van der Waals surface area contributed by atoms with Gasteiger partial charge in [0.25, 0.3) is 0 Å². The fourth-order valence-electron chi connectivity index (χ4n) is 5.43. The minimum Gasteiger partial charge on any atom is -0.469 e. The maximum absolute atomic E-state index is 12.1. The van der Waals surface area contributed by atoms with Gasteiger partial charge in [-0.1, -0.05) is 30.3 Å². The summed E-state index contributed by atoms with van der Waals surface area (Å²) in [5.74, 6) is -0.780. The molecule has 0 bridgehead atoms. The van der Waals surface area contributed by atoms with Crippen molar-refractivity contribution < 1.29 is 33.3 Å². The predicted molar refractivity (Wildman–Crippen MR) is 143 cm³/mol. The molecule has 2 aliphatic rings. The summed E-state index contributed by atoms with van der Waals surface area (Å²) in [5, 5.41) is 0.0131. The highest BCUT2D eigenvalue weighted by Gasteiger charge is 2.51. The number of nitrogens with zero attached hydrogens (tertiary/aromatic N) is 5. The Labute approximate surface area is 235 Å². The Bertz CT molecular complexity index is 1390. The molecule has 0 radical (unpaired) electrons. The Hall–Kier alpha value is -3.77. The normalized spacial score (nSPS) is 23.2. The van der Waals surface area contributed by atoms with Crippen LogP contribution in [0.1, 0.15) is 50.8 Å². The molecule has 4 heterocycles. The number of imidazole rings is 1. The van der Waals surface area contributed by atoms with Gasteiger partial charge in [0.15, 0.2) is 35.4 Å². The third-order valence-corrected chi connectivity index (χ3v) is 7.37. The van der Waals surface area contributed by atoms with Crippen molar-refractivity contribution in [2.24, 2.45) is 0 Å². The summed E-state index contributed by atoms with van der Waals surface area (Å²) in [6, 6.07) is 10.4. The summed E-state index contributed by atoms with van der Waals surface area (Å²) in [6.07, 6.45) is -0.993. The van der Waals surface area contributed by atoms with Crippen LogP contribution in [0.3, 0.4) is 0 Å². The maximum Gasteiger partial charge on any atom is 0.308 e. The van der Waals surface area contributed by atoms with E-state index in [1.165, 1.54) is 32.8 Å². The number of hydrogen-bond acceptors (Lipinski definition) is 11. The van der Waals surface area contributed by atoms with Gasteiger partial charge in [-0.2, -0.15) is 9.97 Å². The minimum absolute atomic E-state index is 0.0131. The number of anilines is 1. The lowest BCUT2D eigenvalue weighted by Gasteiger charge is -2.33. The zero-order valence-electron chi connectivity index (χ0n) is 22.4. The number of ether oxygens (including phenoxy) is 4. The standard InChI is InChI=1S/C27H30ClN5O7/c1-15(34)38-22-19(13-20(36)37-3)40-26(23(22)39-16(2)35)33-14-29-21-24(30-27(28)31-25(21)33)32-11-9-18(10-12-32)17-7-5-4-6-8-17/h4-8,14,18-19,22-23,26H,9-13H2,1-3H3/t19-,22-,23-,26-/m1/s1. The van der Waals surface area contributed by atoms with Crippen molar-refractivity contribution >= 4 is 46.5 Å². The lowest BCUT2D eigenvalue weighted by atomic mass is 9.89. The summed E-state index contributed by atoms with van der Waals surface area (Å²) in [5.41, 5.74) is 2.16. The third kappa shape index (κ3) is 5.73. The number of aromatic nitrogens is 4. The molecule has 40 heavy (non-hydrogen) atoms. The number of rotatable bonds is 7. The van der Waals surface area contributed by atoms with Crippen molar-refractivity contribution in [1.29, 1.82) is 0 Å². The largest absolute Gasteiger partial charge is 0.469 e. The number of benzene rings is 1. The molecule has 2 saturated heterocycles. The number of carbonyl (C=O) groups excluding carboxylic acids is 3. The molecule has 2 aromatic heterocycles. The predicted octanol–water partition coefficient (Wildman–Crippen LogP) is 3.19. The topological polar surface area (TPSA) is 135 Å². The fourth-order valence-corrected chi connectivity index (χ4v) is 5.59. The Morgan fingerprint density at radius 1 is 1.02 bits per heavy atom. The van der Waals surface area contributed by atoms with Crippen LogP contribution in [0.4, 0.5) is 5.82 Å². The Morgan fingerprint density at radius 3 is 2.35 bits per heavy atom. The van der Waals surface area contributed by atoms with E-state index in [0.717, 1.165) is 25.9 Å². The first kappa shape index (κ1) is 27.8. The molecule has 4 atom stereocenters. The first-order chi connectivity index (χ1) is 19.2. The molecular weight excluding hydrogens is 542 g/mol. The second-order valence-electron chi connectivity index (χ2n) is 9.81. The van der Waals surface area contributed by atoms with Gasteiger partial charge in [0, 0.05) is 26.9 Å². The second kappa shape index (κ2) is 11.8. The van der Waals surface area contributed by atoms with Crippen LogP contribution in [-0.2, 0) is 33.3 Å². The monoisotopic (exact) mass is 571 g/mol. The van der Waals surface area contributed by atoms with E-state index < -0.39 is 42.4 Å². The van der Waals surface area contributed by atoms with Crippen LogP contribution in [0, 0.1) is 0 Å². The molecule has 2 fully saturated rings. The van der Waals surface area contributed by atoms with Gasteiger partial charge in [-0.3, -0.25) is 19.0 Å². The summed E-state index contributed by atoms with van der Waals surface area (Å²) in [4.78, 5) is 51.7. The van der Waals surface area contributed by atoms with Crippen LogP contribution in [0.2, 0.25) is 5.28 Å². The number of esters is 3. The van der Waals surface area contributed by atoms with Crippen LogP contribution in [0.5, 0.6) is 0 Å². The molecule has 0 aliphatic carbocycles. The molecule has 1 aromatic carbocycles. The van der Waals surface area contributed by atoms with Crippen LogP contribution < -0.4 is 4.90 Å². The average Bonchev–Trinajstić information content (AvgIpc) is 3.49. The van der Waals surface area contributed by atoms with Gasteiger partial charge in [-0.05, 0) is 35.9 Å². The number of piperidine rings is 1. The zero-order valence-corrected chi connectivity index (χ0v) is 23.1. The number of fused-ring (bicyclic) bond motifs is 1. The Morgan fingerprint density at radius 2 is 1.70 bits per heavy atom. The van der Waals surface area contributed by atoms with Crippen molar-refractivity contribution in [3.63, 3.8) is 0 Å². The summed E-state index contributed by atoms with van der Waals surface area (Å²) in [6.45, 7) is 3.96. The third-order valence-electron chi connectivity index (χ3n) is 7.20. The van der Waals surface area contributed by atoms with Crippen molar-refractivity contribution in [2.75, 3.05) is 25.1 Å². The van der Waals surface area contributed by atoms with E-state index in [4.69, 9.17) is 30.5 Å². The van der Waals surface area contributed by atoms with Gasteiger partial charge in [-0.25, -0.2) is 4.98 Å². The van der Waals surface area contributed by atoms with E-state index >= 15 is 0 Å². The summed E-state index contributed by atoms with van der Waals surface area (Å²) < 4.78 is 23.5. The van der Waals surface area contributed by atoms with Crippen LogP contribution in [0.25, 0.3) is 11.2 Å². The van der Waals surface area contributed by atoms with Crippen LogP contribution in [0.15, 0.2) is 36.7 Å². The molecule has 0 unspecified atom stereocenters. The van der Waals surface area contributed by atoms with Gasteiger partial charge in [0.2, 0.25) is 5.28 Å². The zero-order chi connectivity index (χ0) is 28.4. The van der Waals surface area contributed by atoms with Gasteiger partial charge in [0.05, 0.1) is 19.9 Å². The molecule has 2 aliphatic heterocycles. The first-order valence-electron chi connectivity index (χ1n) is 13.0. The molecule has 0 amide bonds. The minimum atomic E-state index is -1.09. The average molecular weight is 572 g/mol. The van der Waals surface area contributed by atoms with Crippen molar-refractivity contribution in [1.82, 2.24) is 19.5 Å². The second-order valence-corrected chi connectivity index (χ2v) is 10.1. The SMILES string of the molecule is COC(=O)C[C@H]1O[C@@H](n2cnc3c(N4CCC(c5ccccc5)CC4)nc(Cl)nc32)[C@H](OC(C)=O)[C@@H]1OC(C)=O. The number of methoxy groups -OCH3 is 1. The molecule has 212 valence electrons. The quantitative estimate of drug-likeness (QED) is 0.235. The number of carbonyl (C=O) groups is 3. The molecular formula is C27H30ClN5O7. The lowest BCUT2D eigenvalue weighted by molar-refractivity contribution is -0.165. The highest BCUT2D eigenvalue weighted by Crippen LogP contribution is 2.39. The summed E-state index contributed by atoms with van der Waals surface area (Å²) in [7, 11) is 1.24. The van der Waals surface area contributed by atoms with E-state index in [2.05, 4.69) is 44.1 Å². The molecule has 0 N–H and O–H groups in total. The van der Waals surface area contributed by atoms with E-state index in [-0.39, 0.29) is 11.7 Å². The van der Waals surface area contributed by atoms with Gasteiger partial charge < -0.3 is 23.8 Å². The number of hydrogen-bond donors (Lipinski definition) is 0. The Balaban J connectivity index is 1.46. The van der Waals surface area contributed by atoms with E-state index in [0.29, 0.717) is 22.9 Å². The lowest BCUT2D eigenvalue weighted by Crippen LogP contribution is -2.39. The maximum atomic E-state index is 12.1. The first-order valence-corrected chi connectivity index (χ1v) is 13.4. The van der Waals surface area contributed by atoms with Crippen molar-refractivity contribution in [3.8, 4) is 0 Å². The van der Waals surface area contributed by atoms with Crippen LogP contribution >= 0.6 is 11.6 Å². The molecule has 0 saturated carbocycles. The number of halogens is 1. The highest BCUT2D eigenvalue weighted by atomic mass is 35.5. The van der Waals surface area contributed by atoms with E-state index in [1.807, 2.05) is 6.07 Å². The molecule has 3 aromatic rings.